The van der Waals surface area contributed by atoms with E-state index in [2.05, 4.69) is 5.10 Å². The molecule has 1 aliphatic heterocycles. The summed E-state index contributed by atoms with van der Waals surface area (Å²) in [5.41, 5.74) is 1.97. The number of hydrogen-bond donors (Lipinski definition) is 0. The third-order valence-electron chi connectivity index (χ3n) is 5.28. The molecule has 0 unspecified atom stereocenters. The van der Waals surface area contributed by atoms with Crippen molar-refractivity contribution in [3.05, 3.63) is 69.6 Å². The molecule has 0 atom stereocenters. The Morgan fingerprint density at radius 1 is 1.00 bits per heavy atom. The molecule has 164 valence electrons. The van der Waals surface area contributed by atoms with Gasteiger partial charge in [-0.25, -0.2) is 4.68 Å². The van der Waals surface area contributed by atoms with Crippen LogP contribution in [0.3, 0.4) is 0 Å². The predicted octanol–water partition coefficient (Wildman–Crippen LogP) is 3.30. The lowest BCUT2D eigenvalue weighted by atomic mass is 10.0. The van der Waals surface area contributed by atoms with Crippen LogP contribution in [0.4, 0.5) is 0 Å². The van der Waals surface area contributed by atoms with Crippen LogP contribution in [0.15, 0.2) is 42.7 Å². The Balaban J connectivity index is 1.97. The topological polar surface area (TPSA) is 82.1 Å². The van der Waals surface area contributed by atoms with Gasteiger partial charge in [-0.2, -0.15) is 9.67 Å². The molecule has 2 aromatic heterocycles. The number of aromatic nitrogens is 3. The van der Waals surface area contributed by atoms with E-state index in [9.17, 15) is 14.7 Å². The standard InChI is InChI=1S/C23H20Cl2N4O3/c1-12(2)28-21(30)19(20(23(28)32)27-9-7-13(3)8-10-27)18-14(4)26-29(22(18)31)15-5-6-16(24)17(25)11-15/h5-12H,1-4H3. The van der Waals surface area contributed by atoms with E-state index in [-0.39, 0.29) is 27.9 Å². The molecule has 7 nitrogen and oxygen atoms in total. The first-order valence-electron chi connectivity index (χ1n) is 9.94. The van der Waals surface area contributed by atoms with Crippen molar-refractivity contribution in [1.82, 2.24) is 14.7 Å². The van der Waals surface area contributed by atoms with Crippen LogP contribution in [-0.4, -0.2) is 32.5 Å². The van der Waals surface area contributed by atoms with Crippen molar-refractivity contribution >= 4 is 46.3 Å². The maximum absolute atomic E-state index is 13.4. The van der Waals surface area contributed by atoms with Crippen LogP contribution in [0.1, 0.15) is 30.7 Å². The number of aryl methyl sites for hydroxylation is 2. The van der Waals surface area contributed by atoms with Gasteiger partial charge in [0.25, 0.3) is 11.6 Å². The van der Waals surface area contributed by atoms with E-state index in [1.807, 2.05) is 19.1 Å². The molecule has 32 heavy (non-hydrogen) atoms. The summed E-state index contributed by atoms with van der Waals surface area (Å²) in [6.45, 7) is 7.05. The third-order valence-corrected chi connectivity index (χ3v) is 6.02. The maximum atomic E-state index is 13.4. The molecule has 2 amide bonds. The van der Waals surface area contributed by atoms with Crippen LogP contribution in [0.2, 0.25) is 10.0 Å². The van der Waals surface area contributed by atoms with E-state index in [1.165, 1.54) is 6.07 Å². The molecule has 0 fully saturated rings. The number of pyridine rings is 1. The van der Waals surface area contributed by atoms with E-state index >= 15 is 0 Å². The van der Waals surface area contributed by atoms with Crippen molar-refractivity contribution < 1.29 is 19.3 Å². The molecule has 0 aliphatic carbocycles. The van der Waals surface area contributed by atoms with Crippen LogP contribution in [0.5, 0.6) is 5.88 Å². The van der Waals surface area contributed by atoms with Crippen LogP contribution < -0.4 is 9.67 Å². The Kier molecular flexibility index (Phi) is 5.56. The van der Waals surface area contributed by atoms with Gasteiger partial charge in [0.15, 0.2) is 12.4 Å². The highest BCUT2D eigenvalue weighted by Crippen LogP contribution is 2.37. The molecule has 0 bridgehead atoms. The van der Waals surface area contributed by atoms with Gasteiger partial charge in [0, 0.05) is 23.7 Å². The minimum absolute atomic E-state index is 0.0337. The first kappa shape index (κ1) is 22.0. The SMILES string of the molecule is Cc1cc[n+](C2=C(c3c(C)nn(-c4ccc(Cl)c(Cl)c4)c3[O-])C(=O)N(C(C)C)C2=O)cc1. The van der Waals surface area contributed by atoms with Gasteiger partial charge in [0.1, 0.15) is 5.57 Å². The van der Waals surface area contributed by atoms with Crippen molar-refractivity contribution in [3.8, 4) is 11.6 Å². The largest absolute Gasteiger partial charge is 0.858 e. The number of amides is 2. The number of carbonyl (C=O) groups is 2. The Labute approximate surface area is 195 Å². The number of carbonyl (C=O) groups excluding carboxylic acids is 2. The van der Waals surface area contributed by atoms with Gasteiger partial charge in [-0.05, 0) is 57.3 Å². The third kappa shape index (κ3) is 3.47. The number of rotatable bonds is 4. The minimum atomic E-state index is -0.526. The highest BCUT2D eigenvalue weighted by molar-refractivity contribution is 6.45. The van der Waals surface area contributed by atoms with Gasteiger partial charge < -0.3 is 5.11 Å². The molecule has 0 saturated heterocycles. The quantitative estimate of drug-likeness (QED) is 0.432. The molecule has 4 rings (SSSR count). The maximum Gasteiger partial charge on any atom is 0.327 e. The zero-order chi connectivity index (χ0) is 23.3. The summed E-state index contributed by atoms with van der Waals surface area (Å²) in [5, 5.41) is 18.4. The molecule has 3 heterocycles. The Bertz CT molecular complexity index is 1290. The van der Waals surface area contributed by atoms with Gasteiger partial charge in [-0.15, -0.1) is 0 Å². The highest BCUT2D eigenvalue weighted by atomic mass is 35.5. The molecule has 9 heteroatoms. The predicted molar refractivity (Wildman–Crippen MR) is 119 cm³/mol. The zero-order valence-electron chi connectivity index (χ0n) is 17.9. The monoisotopic (exact) mass is 470 g/mol. The number of halogens is 2. The molecule has 1 aliphatic rings. The normalized spacial score (nSPS) is 14.3. The summed E-state index contributed by atoms with van der Waals surface area (Å²) >= 11 is 12.1. The fraction of sp³-hybridized carbons (Fsp3) is 0.217. The second kappa shape index (κ2) is 8.07. The van der Waals surface area contributed by atoms with Crippen LogP contribution in [0.25, 0.3) is 17.0 Å². The molecule has 0 saturated carbocycles. The van der Waals surface area contributed by atoms with Crippen molar-refractivity contribution in [2.45, 2.75) is 33.7 Å². The van der Waals surface area contributed by atoms with Gasteiger partial charge in [0.05, 0.1) is 21.4 Å². The van der Waals surface area contributed by atoms with Gasteiger partial charge in [-0.3, -0.25) is 14.5 Å². The molecular weight excluding hydrogens is 451 g/mol. The van der Waals surface area contributed by atoms with Gasteiger partial charge in [0.2, 0.25) is 0 Å². The smallest absolute Gasteiger partial charge is 0.327 e. The van der Waals surface area contributed by atoms with Gasteiger partial charge >= 0.3 is 5.91 Å². The minimum Gasteiger partial charge on any atom is -0.858 e. The van der Waals surface area contributed by atoms with Crippen molar-refractivity contribution in [2.75, 3.05) is 0 Å². The summed E-state index contributed by atoms with van der Waals surface area (Å²) < 4.78 is 2.73. The molecule has 0 N–H and O–H groups in total. The van der Waals surface area contributed by atoms with Crippen molar-refractivity contribution in [1.29, 1.82) is 0 Å². The van der Waals surface area contributed by atoms with E-state index < -0.39 is 17.7 Å². The Morgan fingerprint density at radius 2 is 1.66 bits per heavy atom. The van der Waals surface area contributed by atoms with E-state index in [0.29, 0.717) is 16.4 Å². The summed E-state index contributed by atoms with van der Waals surface area (Å²) in [4.78, 5) is 27.8. The first-order chi connectivity index (χ1) is 15.1. The molecule has 1 aromatic carbocycles. The summed E-state index contributed by atoms with van der Waals surface area (Å²) in [6, 6.07) is 7.96. The van der Waals surface area contributed by atoms with Gasteiger partial charge in [-0.1, -0.05) is 23.2 Å². The zero-order valence-corrected chi connectivity index (χ0v) is 19.4. The Hall–Kier alpha value is -3.16. The first-order valence-corrected chi connectivity index (χ1v) is 10.7. The number of nitrogens with zero attached hydrogens (tertiary/aromatic N) is 4. The summed E-state index contributed by atoms with van der Waals surface area (Å²) in [7, 11) is 0. The van der Waals surface area contributed by atoms with E-state index in [4.69, 9.17) is 23.2 Å². The molecule has 0 radical (unpaired) electrons. The molecule has 3 aromatic rings. The van der Waals surface area contributed by atoms with E-state index in [1.54, 1.807) is 49.9 Å². The number of imide groups is 1. The summed E-state index contributed by atoms with van der Waals surface area (Å²) in [6.07, 6.45) is 3.39. The van der Waals surface area contributed by atoms with E-state index in [0.717, 1.165) is 15.1 Å². The van der Waals surface area contributed by atoms with Crippen LogP contribution >= 0.6 is 23.2 Å². The van der Waals surface area contributed by atoms with Crippen LogP contribution in [-0.2, 0) is 9.59 Å². The van der Waals surface area contributed by atoms with Crippen molar-refractivity contribution in [3.63, 3.8) is 0 Å². The second-order valence-electron chi connectivity index (χ2n) is 7.86. The second-order valence-corrected chi connectivity index (χ2v) is 8.67. The summed E-state index contributed by atoms with van der Waals surface area (Å²) in [5.74, 6) is -1.51. The van der Waals surface area contributed by atoms with Crippen molar-refractivity contribution in [2.24, 2.45) is 0 Å². The van der Waals surface area contributed by atoms with Crippen LogP contribution in [0, 0.1) is 13.8 Å². The average molecular weight is 471 g/mol. The highest BCUT2D eigenvalue weighted by Gasteiger charge is 2.47. The fourth-order valence-corrected chi connectivity index (χ4v) is 4.00. The average Bonchev–Trinajstić information content (AvgIpc) is 3.16. The number of benzene rings is 1. The lowest BCUT2D eigenvalue weighted by molar-refractivity contribution is -0.577. The number of hydrogen-bond acceptors (Lipinski definition) is 4. The molecular formula is C23H20Cl2N4O3. The lowest BCUT2D eigenvalue weighted by Crippen LogP contribution is -2.42. The molecule has 0 spiro atoms. The lowest BCUT2D eigenvalue weighted by Gasteiger charge is -2.18. The fourth-order valence-electron chi connectivity index (χ4n) is 3.70. The Morgan fingerprint density at radius 3 is 2.25 bits per heavy atom.